The molecule has 0 bridgehead atoms. The Hall–Kier alpha value is -1.27. The Morgan fingerprint density at radius 1 is 1.44 bits per heavy atom. The summed E-state index contributed by atoms with van der Waals surface area (Å²) < 4.78 is 6.57. The van der Waals surface area contributed by atoms with E-state index in [-0.39, 0.29) is 11.9 Å². The van der Waals surface area contributed by atoms with Gasteiger partial charge in [-0.25, -0.2) is 0 Å². The van der Waals surface area contributed by atoms with Gasteiger partial charge in [-0.2, -0.15) is 0 Å². The molecule has 5 nitrogen and oxygen atoms in total. The van der Waals surface area contributed by atoms with E-state index in [1.165, 1.54) is 0 Å². The number of nitrogens with zero attached hydrogens (tertiary/aromatic N) is 4. The van der Waals surface area contributed by atoms with E-state index in [1.807, 2.05) is 32.0 Å². The molecule has 0 spiro atoms. The van der Waals surface area contributed by atoms with E-state index < -0.39 is 20.4 Å². The van der Waals surface area contributed by atoms with Crippen molar-refractivity contribution in [3.63, 3.8) is 0 Å². The quantitative estimate of drug-likeness (QED) is 0.269. The Morgan fingerprint density at radius 3 is 2.75 bits per heavy atom. The summed E-state index contributed by atoms with van der Waals surface area (Å²) in [4.78, 5) is 15.0. The summed E-state index contributed by atoms with van der Waals surface area (Å²) >= 11 is -2.21. The number of halogens is 1. The van der Waals surface area contributed by atoms with Crippen molar-refractivity contribution in [1.82, 2.24) is 3.11 Å². The second-order valence-corrected chi connectivity index (χ2v) is 7.63. The van der Waals surface area contributed by atoms with Gasteiger partial charge in [0.15, 0.2) is 0 Å². The van der Waals surface area contributed by atoms with Crippen LogP contribution in [0.25, 0.3) is 10.4 Å². The predicted molar refractivity (Wildman–Crippen MR) is 69.6 cm³/mol. The fourth-order valence-electron chi connectivity index (χ4n) is 1.60. The Balaban J connectivity index is 2.56. The topological polar surface area (TPSA) is 69.1 Å². The number of hydrogen-bond donors (Lipinski definition) is 0. The van der Waals surface area contributed by atoms with Gasteiger partial charge in [-0.3, -0.25) is 0 Å². The van der Waals surface area contributed by atoms with E-state index in [4.69, 9.17) is 5.53 Å². The van der Waals surface area contributed by atoms with Crippen molar-refractivity contribution in [2.75, 3.05) is 0 Å². The monoisotopic (exact) mass is 330 g/mol. The van der Waals surface area contributed by atoms with Crippen LogP contribution in [0, 0.1) is 3.57 Å². The molecule has 0 saturated carbocycles. The van der Waals surface area contributed by atoms with Crippen LogP contribution in [-0.2, 0) is 0 Å². The van der Waals surface area contributed by atoms with Crippen molar-refractivity contribution in [3.8, 4) is 0 Å². The van der Waals surface area contributed by atoms with Gasteiger partial charge < -0.3 is 0 Å². The second-order valence-electron chi connectivity index (χ2n) is 3.60. The number of hydrogen-bond acceptors (Lipinski definition) is 2. The summed E-state index contributed by atoms with van der Waals surface area (Å²) in [6.07, 6.45) is 0. The summed E-state index contributed by atoms with van der Waals surface area (Å²) in [6.45, 7) is 3.89. The van der Waals surface area contributed by atoms with Gasteiger partial charge >= 0.3 is 101 Å². The third kappa shape index (κ3) is 1.64. The summed E-state index contributed by atoms with van der Waals surface area (Å²) in [5.74, 6) is 0.00296. The summed E-state index contributed by atoms with van der Waals surface area (Å²) in [7, 11) is 0. The first-order chi connectivity index (χ1) is 7.66. The van der Waals surface area contributed by atoms with Crippen molar-refractivity contribution in [2.45, 2.75) is 19.9 Å². The van der Waals surface area contributed by atoms with Gasteiger partial charge in [-0.05, 0) is 0 Å². The van der Waals surface area contributed by atoms with Crippen LogP contribution in [0.1, 0.15) is 24.2 Å². The molecule has 1 aromatic carbocycles. The van der Waals surface area contributed by atoms with Gasteiger partial charge in [0.2, 0.25) is 0 Å². The van der Waals surface area contributed by atoms with Crippen LogP contribution < -0.4 is 0 Å². The molecule has 0 unspecified atom stereocenters. The van der Waals surface area contributed by atoms with Crippen molar-refractivity contribution in [3.05, 3.63) is 43.8 Å². The van der Waals surface area contributed by atoms with Crippen molar-refractivity contribution in [1.29, 1.82) is 0 Å². The zero-order chi connectivity index (χ0) is 11.7. The van der Waals surface area contributed by atoms with Gasteiger partial charge in [-0.1, -0.05) is 0 Å². The van der Waals surface area contributed by atoms with E-state index in [9.17, 15) is 4.79 Å². The number of rotatable bonds is 2. The molecule has 1 amide bonds. The fourth-order valence-corrected chi connectivity index (χ4v) is 5.97. The van der Waals surface area contributed by atoms with Crippen molar-refractivity contribution < 1.29 is 4.79 Å². The summed E-state index contributed by atoms with van der Waals surface area (Å²) in [5, 5.41) is 0. The van der Waals surface area contributed by atoms with Gasteiger partial charge in [0.05, 0.1) is 0 Å². The first-order valence-electron chi connectivity index (χ1n) is 4.85. The molecule has 1 heterocycles. The van der Waals surface area contributed by atoms with Crippen LogP contribution in [0.15, 0.2) is 27.6 Å². The number of azide groups is 1. The minimum absolute atomic E-state index is 0.00296. The first-order valence-corrected chi connectivity index (χ1v) is 7.85. The van der Waals surface area contributed by atoms with Crippen LogP contribution in [-0.4, -0.2) is 15.1 Å². The van der Waals surface area contributed by atoms with E-state index in [1.54, 1.807) is 9.18 Å². The number of carbonyl (C=O) groups is 1. The molecule has 2 rings (SSSR count). The Kier molecular flexibility index (Phi) is 3.02. The standard InChI is InChI=1S/C10H11IN4O/c1-7(2)15-10(16)8-5-3-4-6-9(8)11(15)13-14-12/h3-7H,1-2H3. The predicted octanol–water partition coefficient (Wildman–Crippen LogP) is 3.37. The SMILES string of the molecule is CC(C)N1C(=O)c2ccccc2I1N=[N+]=[N-]. The van der Waals surface area contributed by atoms with Gasteiger partial charge in [0, 0.05) is 0 Å². The van der Waals surface area contributed by atoms with Crippen LogP contribution >= 0.6 is 20.4 Å². The van der Waals surface area contributed by atoms with Crippen molar-refractivity contribution in [2.24, 2.45) is 3.33 Å². The third-order valence-electron chi connectivity index (χ3n) is 2.21. The number of fused-ring (bicyclic) bond motifs is 1. The minimum atomic E-state index is -2.21. The van der Waals surface area contributed by atoms with Gasteiger partial charge in [0.25, 0.3) is 0 Å². The van der Waals surface area contributed by atoms with Crippen LogP contribution in [0.3, 0.4) is 0 Å². The molecule has 0 aliphatic carbocycles. The Bertz CT molecular complexity index is 481. The molecule has 1 aliphatic heterocycles. The molecule has 0 N–H and O–H groups in total. The molecule has 0 radical (unpaired) electrons. The average molecular weight is 330 g/mol. The number of amides is 1. The maximum absolute atomic E-state index is 12.1. The molecular weight excluding hydrogens is 319 g/mol. The van der Waals surface area contributed by atoms with Gasteiger partial charge in [0.1, 0.15) is 0 Å². The molecule has 84 valence electrons. The Labute approximate surface area is 101 Å². The molecule has 16 heavy (non-hydrogen) atoms. The summed E-state index contributed by atoms with van der Waals surface area (Å²) in [5.41, 5.74) is 9.30. The van der Waals surface area contributed by atoms with Gasteiger partial charge in [-0.15, -0.1) is 0 Å². The third-order valence-corrected chi connectivity index (χ3v) is 7.33. The average Bonchev–Trinajstić information content (AvgIpc) is 2.54. The molecule has 1 aliphatic rings. The number of carbonyl (C=O) groups excluding carboxylic acids is 1. The molecule has 0 saturated heterocycles. The zero-order valence-corrected chi connectivity index (χ0v) is 11.1. The molecule has 0 aromatic heterocycles. The maximum atomic E-state index is 12.1. The van der Waals surface area contributed by atoms with Crippen LogP contribution in [0.2, 0.25) is 0 Å². The normalized spacial score (nSPS) is 16.3. The molecular formula is C10H11IN4O. The Morgan fingerprint density at radius 2 is 2.12 bits per heavy atom. The zero-order valence-electron chi connectivity index (χ0n) is 8.96. The van der Waals surface area contributed by atoms with Crippen molar-refractivity contribution >= 4 is 26.3 Å². The van der Waals surface area contributed by atoms with E-state index in [2.05, 4.69) is 8.24 Å². The van der Waals surface area contributed by atoms with E-state index >= 15 is 0 Å². The van der Waals surface area contributed by atoms with E-state index in [0.29, 0.717) is 5.56 Å². The number of benzene rings is 1. The van der Waals surface area contributed by atoms with Crippen LogP contribution in [0.4, 0.5) is 0 Å². The fraction of sp³-hybridized carbons (Fsp3) is 0.300. The summed E-state index contributed by atoms with van der Waals surface area (Å²) in [6, 6.07) is 7.50. The molecule has 6 heteroatoms. The molecule has 0 atom stereocenters. The second kappa shape index (κ2) is 4.31. The first kappa shape index (κ1) is 11.2. The van der Waals surface area contributed by atoms with Crippen LogP contribution in [0.5, 0.6) is 0 Å². The molecule has 0 fully saturated rings. The molecule has 1 aromatic rings. The van der Waals surface area contributed by atoms with E-state index in [0.717, 1.165) is 3.57 Å².